The molecule has 0 bridgehead atoms. The third kappa shape index (κ3) is 4.58. The first-order valence-electron chi connectivity index (χ1n) is 18.3. The molecule has 2 aliphatic rings. The van der Waals surface area contributed by atoms with Gasteiger partial charge in [-0.2, -0.15) is 0 Å². The van der Waals surface area contributed by atoms with Gasteiger partial charge in [0.1, 0.15) is 0 Å². The fourth-order valence-electron chi connectivity index (χ4n) is 8.43. The Morgan fingerprint density at radius 2 is 1.11 bits per heavy atom. The first-order chi connectivity index (χ1) is 26.5. The molecule has 5 nitrogen and oxygen atoms in total. The Morgan fingerprint density at radius 3 is 1.87 bits per heavy atom. The summed E-state index contributed by atoms with van der Waals surface area (Å²) in [5.41, 5.74) is 12.6. The molecule has 0 radical (unpaired) electrons. The fraction of sp³-hybridized carbons (Fsp3) is 0.0612. The van der Waals surface area contributed by atoms with E-state index in [4.69, 9.17) is 19.4 Å². The normalized spacial score (nSPS) is 13.4. The third-order valence-electron chi connectivity index (χ3n) is 11.1. The summed E-state index contributed by atoms with van der Waals surface area (Å²) in [5.74, 6) is 3.47. The molecule has 2 aromatic heterocycles. The highest BCUT2D eigenvalue weighted by atomic mass is 16.6. The van der Waals surface area contributed by atoms with Crippen molar-refractivity contribution >= 4 is 21.8 Å². The average molecular weight is 696 g/mol. The molecule has 1 aliphatic heterocycles. The van der Waals surface area contributed by atoms with Crippen molar-refractivity contribution in [2.45, 2.75) is 19.3 Å². The number of nitrogens with zero attached hydrogens (tertiary/aromatic N) is 3. The van der Waals surface area contributed by atoms with Crippen LogP contribution >= 0.6 is 0 Å². The van der Waals surface area contributed by atoms with Gasteiger partial charge in [-0.25, -0.2) is 9.97 Å². The number of hydrogen-bond acceptors (Lipinski definition) is 4. The van der Waals surface area contributed by atoms with E-state index in [2.05, 4.69) is 140 Å². The molecule has 54 heavy (non-hydrogen) atoms. The van der Waals surface area contributed by atoms with Crippen molar-refractivity contribution in [2.24, 2.45) is 0 Å². The number of aromatic nitrogens is 3. The monoisotopic (exact) mass is 695 g/mol. The Hall–Kier alpha value is -6.98. The minimum Gasteiger partial charge on any atom is -0.449 e. The molecule has 0 spiro atoms. The third-order valence-corrected chi connectivity index (χ3v) is 11.1. The smallest absolute Gasteiger partial charge is 0.178 e. The highest BCUT2D eigenvalue weighted by Crippen LogP contribution is 2.58. The Balaban J connectivity index is 1.01. The van der Waals surface area contributed by atoms with Gasteiger partial charge in [0.15, 0.2) is 28.8 Å². The van der Waals surface area contributed by atoms with Crippen LogP contribution < -0.4 is 9.47 Å². The van der Waals surface area contributed by atoms with Crippen molar-refractivity contribution in [3.63, 3.8) is 0 Å². The lowest BCUT2D eigenvalue weighted by Gasteiger charge is -2.25. The molecule has 256 valence electrons. The predicted molar refractivity (Wildman–Crippen MR) is 217 cm³/mol. The molecule has 0 N–H and O–H groups in total. The SMILES string of the molecule is CC1(C)c2ccccc2-c2c1ccc1c2Oc2cc(-c3cc(-c4ccc(-n5c6ccccc6c6ccccc65)cc4)nc(-c4ccccc4)n3)ccc2O1. The van der Waals surface area contributed by atoms with Gasteiger partial charge in [-0.05, 0) is 71.3 Å². The summed E-state index contributed by atoms with van der Waals surface area (Å²) in [7, 11) is 0. The predicted octanol–water partition coefficient (Wildman–Crippen LogP) is 12.8. The van der Waals surface area contributed by atoms with Gasteiger partial charge in [0.05, 0.1) is 22.4 Å². The standard InChI is InChI=1S/C49H33N3O2/c1-49(2)37-17-9-6-16-36(37)46-38(49)25-27-44-47(46)54-45-28-32(22-26-43(45)53-44)40-29-39(50-48(51-40)31-12-4-3-5-13-31)30-20-23-33(24-21-30)52-41-18-10-7-14-34(41)35-15-8-11-19-42(35)52/h3-29H,1-2H3. The van der Waals surface area contributed by atoms with E-state index in [9.17, 15) is 0 Å². The Bertz CT molecular complexity index is 2910. The van der Waals surface area contributed by atoms with E-state index < -0.39 is 0 Å². The Labute approximate surface area is 312 Å². The molecule has 0 amide bonds. The van der Waals surface area contributed by atoms with Crippen LogP contribution in [0.2, 0.25) is 0 Å². The zero-order chi connectivity index (χ0) is 36.0. The number of benzene rings is 7. The zero-order valence-electron chi connectivity index (χ0n) is 29.7. The molecule has 1 aliphatic carbocycles. The van der Waals surface area contributed by atoms with Gasteiger partial charge in [-0.15, -0.1) is 0 Å². The Morgan fingerprint density at radius 1 is 0.481 bits per heavy atom. The molecule has 0 saturated carbocycles. The quantitative estimate of drug-likeness (QED) is 0.184. The van der Waals surface area contributed by atoms with Crippen LogP contribution in [0.15, 0.2) is 164 Å². The Kier molecular flexibility index (Phi) is 6.53. The largest absolute Gasteiger partial charge is 0.449 e. The van der Waals surface area contributed by atoms with E-state index in [-0.39, 0.29) is 5.41 Å². The van der Waals surface area contributed by atoms with Crippen LogP contribution in [0.25, 0.3) is 72.5 Å². The van der Waals surface area contributed by atoms with Crippen molar-refractivity contribution in [3.8, 4) is 73.7 Å². The highest BCUT2D eigenvalue weighted by molar-refractivity contribution is 6.09. The summed E-state index contributed by atoms with van der Waals surface area (Å²) in [4.78, 5) is 10.2. The van der Waals surface area contributed by atoms with Crippen molar-refractivity contribution in [3.05, 3.63) is 175 Å². The maximum Gasteiger partial charge on any atom is 0.178 e. The van der Waals surface area contributed by atoms with Crippen molar-refractivity contribution in [1.29, 1.82) is 0 Å². The molecule has 0 atom stereocenters. The first kappa shape index (κ1) is 30.6. The second-order valence-electron chi connectivity index (χ2n) is 14.6. The number of fused-ring (bicyclic) bond motifs is 9. The molecule has 3 heterocycles. The minimum atomic E-state index is -0.140. The van der Waals surface area contributed by atoms with Crippen molar-refractivity contribution < 1.29 is 9.47 Å². The molecule has 0 saturated heterocycles. The number of rotatable bonds is 4. The summed E-state index contributed by atoms with van der Waals surface area (Å²) in [6.45, 7) is 4.55. The van der Waals surface area contributed by atoms with Crippen LogP contribution in [-0.2, 0) is 5.41 Å². The molecule has 5 heteroatoms. The van der Waals surface area contributed by atoms with Gasteiger partial charge >= 0.3 is 0 Å². The van der Waals surface area contributed by atoms with Crippen LogP contribution in [0.4, 0.5) is 0 Å². The lowest BCUT2D eigenvalue weighted by molar-refractivity contribution is 0.360. The van der Waals surface area contributed by atoms with Gasteiger partial charge < -0.3 is 14.0 Å². The number of ether oxygens (including phenoxy) is 2. The molecule has 7 aromatic carbocycles. The van der Waals surface area contributed by atoms with Gasteiger partial charge in [-0.1, -0.05) is 123 Å². The van der Waals surface area contributed by atoms with E-state index in [1.807, 2.05) is 42.5 Å². The molecule has 0 unspecified atom stereocenters. The van der Waals surface area contributed by atoms with E-state index >= 15 is 0 Å². The summed E-state index contributed by atoms with van der Waals surface area (Å²) < 4.78 is 15.6. The number of hydrogen-bond donors (Lipinski definition) is 0. The van der Waals surface area contributed by atoms with Gasteiger partial charge in [0, 0.05) is 44.1 Å². The summed E-state index contributed by atoms with van der Waals surface area (Å²) in [6, 6.07) is 56.9. The number of para-hydroxylation sites is 2. The molecule has 9 aromatic rings. The lowest BCUT2D eigenvalue weighted by atomic mass is 9.82. The van der Waals surface area contributed by atoms with Crippen molar-refractivity contribution in [2.75, 3.05) is 0 Å². The van der Waals surface area contributed by atoms with E-state index in [0.717, 1.165) is 50.8 Å². The zero-order valence-corrected chi connectivity index (χ0v) is 29.7. The van der Waals surface area contributed by atoms with E-state index in [0.29, 0.717) is 17.3 Å². The summed E-state index contributed by atoms with van der Waals surface area (Å²) in [5, 5.41) is 2.48. The molecular formula is C49H33N3O2. The second kappa shape index (κ2) is 11.5. The van der Waals surface area contributed by atoms with Crippen molar-refractivity contribution in [1.82, 2.24) is 14.5 Å². The minimum absolute atomic E-state index is 0.140. The van der Waals surface area contributed by atoms with Gasteiger partial charge in [-0.3, -0.25) is 0 Å². The van der Waals surface area contributed by atoms with Crippen LogP contribution in [0, 0.1) is 0 Å². The second-order valence-corrected chi connectivity index (χ2v) is 14.6. The molecular weight excluding hydrogens is 663 g/mol. The van der Waals surface area contributed by atoms with E-state index in [1.165, 1.54) is 38.5 Å². The molecule has 0 fully saturated rings. The average Bonchev–Trinajstić information content (AvgIpc) is 3.69. The summed E-state index contributed by atoms with van der Waals surface area (Å²) in [6.07, 6.45) is 0. The van der Waals surface area contributed by atoms with Crippen LogP contribution in [0.1, 0.15) is 25.0 Å². The van der Waals surface area contributed by atoms with Crippen LogP contribution in [0.3, 0.4) is 0 Å². The lowest BCUT2D eigenvalue weighted by Crippen LogP contribution is -2.15. The molecule has 11 rings (SSSR count). The van der Waals surface area contributed by atoms with Crippen LogP contribution in [0.5, 0.6) is 23.0 Å². The van der Waals surface area contributed by atoms with Crippen LogP contribution in [-0.4, -0.2) is 14.5 Å². The summed E-state index contributed by atoms with van der Waals surface area (Å²) >= 11 is 0. The maximum atomic E-state index is 6.80. The topological polar surface area (TPSA) is 49.2 Å². The maximum absolute atomic E-state index is 6.80. The highest BCUT2D eigenvalue weighted by Gasteiger charge is 2.39. The van der Waals surface area contributed by atoms with Gasteiger partial charge in [0.2, 0.25) is 0 Å². The van der Waals surface area contributed by atoms with Gasteiger partial charge in [0.25, 0.3) is 0 Å². The van der Waals surface area contributed by atoms with E-state index in [1.54, 1.807) is 0 Å². The first-order valence-corrected chi connectivity index (χ1v) is 18.3. The fourth-order valence-corrected chi connectivity index (χ4v) is 8.43.